The molecule has 0 radical (unpaired) electrons. The van der Waals surface area contributed by atoms with Crippen LogP contribution >= 0.6 is 12.2 Å². The monoisotopic (exact) mass is 188 g/mol. The molecule has 13 heavy (non-hydrogen) atoms. The first kappa shape index (κ1) is 9.60. The number of isothiocyanates is 1. The fraction of sp³-hybridized carbons (Fsp3) is 0.200. The Morgan fingerprint density at radius 1 is 1.54 bits per heavy atom. The number of aryl methyl sites for hydroxylation is 1. The summed E-state index contributed by atoms with van der Waals surface area (Å²) in [6.07, 6.45) is 0. The molecule has 0 aliphatic rings. The fourth-order valence-corrected chi connectivity index (χ4v) is 1.12. The van der Waals surface area contributed by atoms with Crippen LogP contribution in [0, 0.1) is 18.3 Å². The Morgan fingerprint density at radius 3 is 2.85 bits per heavy atom. The molecule has 1 aromatic carbocycles. The van der Waals surface area contributed by atoms with Crippen LogP contribution in [-0.4, -0.2) is 5.16 Å². The second-order valence-electron chi connectivity index (χ2n) is 2.66. The zero-order valence-electron chi connectivity index (χ0n) is 7.24. The molecular weight excluding hydrogens is 180 g/mol. The van der Waals surface area contributed by atoms with Crippen molar-refractivity contribution < 1.29 is 0 Å². The van der Waals surface area contributed by atoms with E-state index < -0.39 is 0 Å². The fourth-order valence-electron chi connectivity index (χ4n) is 1.06. The number of thiocarbonyl (C=S) groups is 1. The van der Waals surface area contributed by atoms with Gasteiger partial charge < -0.3 is 0 Å². The van der Waals surface area contributed by atoms with E-state index in [4.69, 9.17) is 5.26 Å². The average molecular weight is 188 g/mol. The van der Waals surface area contributed by atoms with Crippen LogP contribution in [0.5, 0.6) is 0 Å². The van der Waals surface area contributed by atoms with Crippen molar-refractivity contribution in [3.8, 4) is 6.07 Å². The molecule has 0 aromatic heterocycles. The van der Waals surface area contributed by atoms with Crippen LogP contribution in [0.25, 0.3) is 0 Å². The summed E-state index contributed by atoms with van der Waals surface area (Å²) in [5.41, 5.74) is 2.82. The summed E-state index contributed by atoms with van der Waals surface area (Å²) in [4.78, 5) is 3.84. The first-order chi connectivity index (χ1) is 6.27. The van der Waals surface area contributed by atoms with E-state index in [2.05, 4.69) is 28.4 Å². The summed E-state index contributed by atoms with van der Waals surface area (Å²) < 4.78 is 0. The predicted octanol–water partition coefficient (Wildman–Crippen LogP) is 2.47. The Morgan fingerprint density at radius 2 is 2.31 bits per heavy atom. The van der Waals surface area contributed by atoms with Crippen LogP contribution in [0.1, 0.15) is 16.7 Å². The molecule has 2 nitrogen and oxygen atoms in total. The van der Waals surface area contributed by atoms with Gasteiger partial charge in [-0.2, -0.15) is 5.26 Å². The molecule has 0 heterocycles. The highest BCUT2D eigenvalue weighted by atomic mass is 32.1. The third-order valence-electron chi connectivity index (χ3n) is 1.79. The highest BCUT2D eigenvalue weighted by Gasteiger charge is 1.97. The minimum absolute atomic E-state index is 0.543. The number of hydrogen-bond donors (Lipinski definition) is 0. The van der Waals surface area contributed by atoms with Gasteiger partial charge in [0.1, 0.15) is 0 Å². The van der Waals surface area contributed by atoms with E-state index in [0.29, 0.717) is 12.1 Å². The Kier molecular flexibility index (Phi) is 3.33. The first-order valence-corrected chi connectivity index (χ1v) is 4.22. The summed E-state index contributed by atoms with van der Waals surface area (Å²) in [7, 11) is 0. The first-order valence-electron chi connectivity index (χ1n) is 3.81. The lowest BCUT2D eigenvalue weighted by Crippen LogP contribution is -1.87. The molecule has 64 valence electrons. The second-order valence-corrected chi connectivity index (χ2v) is 2.84. The molecular formula is C10H8N2S. The van der Waals surface area contributed by atoms with Crippen molar-refractivity contribution in [1.29, 1.82) is 5.26 Å². The number of nitrogens with zero attached hydrogens (tertiary/aromatic N) is 2. The maximum absolute atomic E-state index is 8.63. The standard InChI is InChI=1S/C10H8N2S/c1-8-4-9(5-11)2-3-10(8)6-12-7-13/h2-4H,6H2,1H3. The molecule has 0 bridgehead atoms. The van der Waals surface area contributed by atoms with E-state index in [1.807, 2.05) is 19.1 Å². The number of rotatable bonds is 2. The van der Waals surface area contributed by atoms with Crippen LogP contribution in [0.2, 0.25) is 0 Å². The molecule has 0 saturated carbocycles. The minimum atomic E-state index is 0.543. The number of benzene rings is 1. The van der Waals surface area contributed by atoms with Crippen LogP contribution in [0.3, 0.4) is 0 Å². The van der Waals surface area contributed by atoms with Gasteiger partial charge in [-0.05, 0) is 42.4 Å². The zero-order valence-corrected chi connectivity index (χ0v) is 8.06. The van der Waals surface area contributed by atoms with Crippen LogP contribution < -0.4 is 0 Å². The highest BCUT2D eigenvalue weighted by molar-refractivity contribution is 7.78. The topological polar surface area (TPSA) is 36.1 Å². The Hall–Kier alpha value is -1.49. The quantitative estimate of drug-likeness (QED) is 0.528. The predicted molar refractivity (Wildman–Crippen MR) is 54.6 cm³/mol. The van der Waals surface area contributed by atoms with Crippen LogP contribution in [0.15, 0.2) is 23.2 Å². The lowest BCUT2D eigenvalue weighted by atomic mass is 10.1. The Bertz CT molecular complexity index is 398. The van der Waals surface area contributed by atoms with E-state index in [-0.39, 0.29) is 0 Å². The lowest BCUT2D eigenvalue weighted by molar-refractivity contribution is 1.06. The molecule has 1 rings (SSSR count). The molecule has 0 atom stereocenters. The Labute approximate surface area is 82.5 Å². The maximum atomic E-state index is 8.63. The average Bonchev–Trinajstić information content (AvgIpc) is 2.16. The third-order valence-corrected chi connectivity index (χ3v) is 1.91. The van der Waals surface area contributed by atoms with Crippen molar-refractivity contribution in [3.63, 3.8) is 0 Å². The molecule has 0 amide bonds. The van der Waals surface area contributed by atoms with Crippen molar-refractivity contribution in [2.45, 2.75) is 13.5 Å². The SMILES string of the molecule is Cc1cc(C#N)ccc1CN=C=S. The van der Waals surface area contributed by atoms with Gasteiger partial charge in [-0.15, -0.1) is 0 Å². The number of aliphatic imine (C=N–C) groups is 1. The molecule has 1 aromatic rings. The van der Waals surface area contributed by atoms with E-state index in [1.54, 1.807) is 6.07 Å². The summed E-state index contributed by atoms with van der Waals surface area (Å²) in [6, 6.07) is 7.60. The molecule has 0 unspecified atom stereocenters. The molecule has 3 heteroatoms. The zero-order chi connectivity index (χ0) is 9.68. The number of nitriles is 1. The van der Waals surface area contributed by atoms with Crippen molar-refractivity contribution in [2.75, 3.05) is 0 Å². The number of hydrogen-bond acceptors (Lipinski definition) is 3. The van der Waals surface area contributed by atoms with Gasteiger partial charge in [0, 0.05) is 0 Å². The van der Waals surface area contributed by atoms with E-state index >= 15 is 0 Å². The van der Waals surface area contributed by atoms with E-state index in [0.717, 1.165) is 11.1 Å². The molecule has 0 N–H and O–H groups in total. The molecule has 0 saturated heterocycles. The van der Waals surface area contributed by atoms with Gasteiger partial charge in [-0.3, -0.25) is 0 Å². The van der Waals surface area contributed by atoms with Crippen molar-refractivity contribution in [2.24, 2.45) is 4.99 Å². The summed E-state index contributed by atoms with van der Waals surface area (Å²) in [5, 5.41) is 10.9. The van der Waals surface area contributed by atoms with Crippen molar-refractivity contribution >= 4 is 17.4 Å². The van der Waals surface area contributed by atoms with Crippen molar-refractivity contribution in [3.05, 3.63) is 34.9 Å². The van der Waals surface area contributed by atoms with E-state index in [1.165, 1.54) is 0 Å². The Balaban J connectivity index is 2.99. The molecule has 0 spiro atoms. The normalized spacial score (nSPS) is 8.62. The van der Waals surface area contributed by atoms with Gasteiger partial charge >= 0.3 is 0 Å². The second kappa shape index (κ2) is 4.51. The molecule has 0 aliphatic carbocycles. The van der Waals surface area contributed by atoms with Crippen molar-refractivity contribution in [1.82, 2.24) is 0 Å². The van der Waals surface area contributed by atoms with Gasteiger partial charge in [0.25, 0.3) is 0 Å². The third kappa shape index (κ3) is 2.48. The van der Waals surface area contributed by atoms with E-state index in [9.17, 15) is 0 Å². The van der Waals surface area contributed by atoms with Gasteiger partial charge in [-0.1, -0.05) is 6.07 Å². The summed E-state index contributed by atoms with van der Waals surface area (Å²) in [5.74, 6) is 0. The van der Waals surface area contributed by atoms with Crippen LogP contribution in [-0.2, 0) is 6.54 Å². The van der Waals surface area contributed by atoms with Gasteiger partial charge in [-0.25, -0.2) is 4.99 Å². The smallest absolute Gasteiger partial charge is 0.0991 e. The maximum Gasteiger partial charge on any atom is 0.0991 e. The molecule has 0 aliphatic heterocycles. The highest BCUT2D eigenvalue weighted by Crippen LogP contribution is 2.11. The van der Waals surface area contributed by atoms with Gasteiger partial charge in [0.15, 0.2) is 0 Å². The minimum Gasteiger partial charge on any atom is -0.228 e. The van der Waals surface area contributed by atoms with Gasteiger partial charge in [0.05, 0.1) is 23.3 Å². The summed E-state index contributed by atoms with van der Waals surface area (Å²) in [6.45, 7) is 2.50. The van der Waals surface area contributed by atoms with Crippen LogP contribution in [0.4, 0.5) is 0 Å². The molecule has 0 fully saturated rings. The summed E-state index contributed by atoms with van der Waals surface area (Å²) >= 11 is 4.47. The van der Waals surface area contributed by atoms with Gasteiger partial charge in [0.2, 0.25) is 0 Å². The lowest BCUT2D eigenvalue weighted by Gasteiger charge is -2.00. The largest absolute Gasteiger partial charge is 0.228 e.